The molecule has 0 saturated carbocycles. The van der Waals surface area contributed by atoms with Gasteiger partial charge in [-0.05, 0) is 55.7 Å². The molecule has 1 aliphatic rings. The van der Waals surface area contributed by atoms with Crippen molar-refractivity contribution in [2.24, 2.45) is 5.92 Å². The van der Waals surface area contributed by atoms with Crippen LogP contribution in [0.25, 0.3) is 0 Å². The van der Waals surface area contributed by atoms with Crippen LogP contribution in [0.5, 0.6) is 17.2 Å². The Balaban J connectivity index is 1.62. The third-order valence-corrected chi connectivity index (χ3v) is 7.15. The van der Waals surface area contributed by atoms with Crippen LogP contribution in [-0.4, -0.2) is 18.7 Å². The summed E-state index contributed by atoms with van der Waals surface area (Å²) in [5.41, 5.74) is 0. The van der Waals surface area contributed by atoms with E-state index in [1.165, 1.54) is 32.1 Å². The maximum Gasteiger partial charge on any atom is 0.420 e. The molecule has 0 N–H and O–H groups in total. The van der Waals surface area contributed by atoms with Gasteiger partial charge >= 0.3 is 5.97 Å². The molecule has 1 saturated heterocycles. The van der Waals surface area contributed by atoms with Gasteiger partial charge in [0.1, 0.15) is 17.2 Å². The van der Waals surface area contributed by atoms with Crippen LogP contribution in [0.4, 0.5) is 0 Å². The molecule has 1 fully saturated rings. The average molecular weight is 517 g/mol. The molecule has 0 radical (unpaired) electrons. The average Bonchev–Trinajstić information content (AvgIpc) is 3.78. The molecule has 3 aromatic carbocycles. The summed E-state index contributed by atoms with van der Waals surface area (Å²) in [6.45, 7) is 3.18. The zero-order chi connectivity index (χ0) is 26.3. The van der Waals surface area contributed by atoms with Crippen LogP contribution in [0.3, 0.4) is 0 Å². The van der Waals surface area contributed by atoms with Crippen molar-refractivity contribution in [1.29, 1.82) is 0 Å². The van der Waals surface area contributed by atoms with Gasteiger partial charge < -0.3 is 18.9 Å². The number of hydrogen-bond donors (Lipinski definition) is 0. The molecule has 204 valence electrons. The van der Waals surface area contributed by atoms with Crippen LogP contribution in [0.2, 0.25) is 0 Å². The Morgan fingerprint density at radius 1 is 0.632 bits per heavy atom. The highest BCUT2D eigenvalue weighted by atomic mass is 16.9. The number of rotatable bonds is 19. The molecule has 0 aromatic heterocycles. The first-order chi connectivity index (χ1) is 18.8. The monoisotopic (exact) mass is 516 g/mol. The summed E-state index contributed by atoms with van der Waals surface area (Å²) in [7, 11) is 0. The lowest BCUT2D eigenvalue weighted by atomic mass is 9.91. The van der Waals surface area contributed by atoms with Crippen LogP contribution in [0.15, 0.2) is 91.0 Å². The van der Waals surface area contributed by atoms with Gasteiger partial charge in [0.05, 0.1) is 18.6 Å². The molecule has 38 heavy (non-hydrogen) atoms. The summed E-state index contributed by atoms with van der Waals surface area (Å²) < 4.78 is 25.8. The first kappa shape index (κ1) is 28.0. The molecule has 4 rings (SSSR count). The van der Waals surface area contributed by atoms with Gasteiger partial charge in [-0.15, -0.1) is 0 Å². The lowest BCUT2D eigenvalue weighted by Gasteiger charge is -2.40. The lowest BCUT2D eigenvalue weighted by molar-refractivity contribution is -0.288. The zero-order valence-electron chi connectivity index (χ0n) is 22.9. The van der Waals surface area contributed by atoms with Crippen molar-refractivity contribution in [1.82, 2.24) is 0 Å². The molecule has 2 atom stereocenters. The van der Waals surface area contributed by atoms with Crippen LogP contribution in [-0.2, 0) is 4.74 Å². The van der Waals surface area contributed by atoms with E-state index in [-0.39, 0.29) is 5.92 Å². The molecular weight excluding hydrogens is 472 g/mol. The van der Waals surface area contributed by atoms with E-state index in [4.69, 9.17) is 18.9 Å². The minimum Gasteiger partial charge on any atom is -0.420 e. The Morgan fingerprint density at radius 3 is 1.50 bits per heavy atom. The third kappa shape index (κ3) is 9.40. The van der Waals surface area contributed by atoms with Crippen molar-refractivity contribution >= 4 is 0 Å². The summed E-state index contributed by atoms with van der Waals surface area (Å²) in [5, 5.41) is 0. The summed E-state index contributed by atoms with van der Waals surface area (Å²) in [4.78, 5) is 0. The van der Waals surface area contributed by atoms with Crippen LogP contribution in [0.1, 0.15) is 77.6 Å². The van der Waals surface area contributed by atoms with Gasteiger partial charge in [0, 0.05) is 0 Å². The molecule has 2 unspecified atom stereocenters. The lowest BCUT2D eigenvalue weighted by Crippen LogP contribution is -2.54. The second-order valence-corrected chi connectivity index (χ2v) is 10.3. The molecule has 1 heterocycles. The van der Waals surface area contributed by atoms with Gasteiger partial charge in [-0.1, -0.05) is 113 Å². The van der Waals surface area contributed by atoms with Gasteiger partial charge in [-0.2, -0.15) is 0 Å². The van der Waals surface area contributed by atoms with Crippen molar-refractivity contribution in [2.45, 2.75) is 89.6 Å². The highest BCUT2D eigenvalue weighted by Gasteiger charge is 2.47. The van der Waals surface area contributed by atoms with E-state index >= 15 is 0 Å². The summed E-state index contributed by atoms with van der Waals surface area (Å²) >= 11 is 0. The summed E-state index contributed by atoms with van der Waals surface area (Å²) in [6, 6.07) is 29.8. The molecule has 0 bridgehead atoms. The van der Waals surface area contributed by atoms with Crippen LogP contribution >= 0.6 is 0 Å². The van der Waals surface area contributed by atoms with E-state index < -0.39 is 5.97 Å². The SMILES string of the molecule is CCCCCCCCC(CCCCC1CO1)C(Oc1ccccc1)(Oc1ccccc1)Oc1ccccc1. The molecule has 4 nitrogen and oxygen atoms in total. The molecule has 0 amide bonds. The first-order valence-electron chi connectivity index (χ1n) is 14.6. The molecule has 0 spiro atoms. The Morgan fingerprint density at radius 2 is 1.05 bits per heavy atom. The number of epoxide rings is 1. The largest absolute Gasteiger partial charge is 0.420 e. The van der Waals surface area contributed by atoms with Gasteiger partial charge in [0.25, 0.3) is 0 Å². The zero-order valence-corrected chi connectivity index (χ0v) is 22.9. The van der Waals surface area contributed by atoms with Crippen molar-refractivity contribution in [3.63, 3.8) is 0 Å². The smallest absolute Gasteiger partial charge is 0.420 e. The van der Waals surface area contributed by atoms with Gasteiger partial charge in [-0.25, -0.2) is 0 Å². The molecular formula is C34H44O4. The number of para-hydroxylation sites is 3. The standard InChI is InChI=1S/C34H44O4/c1-2-3-4-5-6-10-19-29(20-17-18-27-33-28-35-33)34(36-30-21-11-7-12-22-30,37-31-23-13-8-14-24-31)38-32-25-15-9-16-26-32/h7-9,11-16,21-26,29,33H,2-6,10,17-20,27-28H2,1H3. The first-order valence-corrected chi connectivity index (χ1v) is 14.6. The second-order valence-electron chi connectivity index (χ2n) is 10.3. The minimum atomic E-state index is -1.30. The Hall–Kier alpha value is -2.98. The Labute approximate surface area is 229 Å². The fourth-order valence-corrected chi connectivity index (χ4v) is 4.94. The predicted octanol–water partition coefficient (Wildman–Crippen LogP) is 9.20. The van der Waals surface area contributed by atoms with Gasteiger partial charge in [-0.3, -0.25) is 0 Å². The van der Waals surface area contributed by atoms with E-state index in [0.29, 0.717) is 6.10 Å². The third-order valence-electron chi connectivity index (χ3n) is 7.15. The van der Waals surface area contributed by atoms with Gasteiger partial charge in [0.15, 0.2) is 0 Å². The second kappa shape index (κ2) is 15.4. The van der Waals surface area contributed by atoms with E-state index in [1.807, 2.05) is 91.0 Å². The molecule has 0 aliphatic carbocycles. The van der Waals surface area contributed by atoms with Crippen LogP contribution in [0, 0.1) is 5.92 Å². The molecule has 3 aromatic rings. The van der Waals surface area contributed by atoms with E-state index in [0.717, 1.165) is 62.4 Å². The van der Waals surface area contributed by atoms with Crippen molar-refractivity contribution < 1.29 is 18.9 Å². The quantitative estimate of drug-likeness (QED) is 0.0904. The number of ether oxygens (including phenoxy) is 4. The summed E-state index contributed by atoms with van der Waals surface area (Å²) in [6.07, 6.45) is 13.2. The van der Waals surface area contributed by atoms with Crippen molar-refractivity contribution in [2.75, 3.05) is 6.61 Å². The predicted molar refractivity (Wildman–Crippen MR) is 154 cm³/mol. The molecule has 1 aliphatic heterocycles. The Bertz CT molecular complexity index is 903. The highest BCUT2D eigenvalue weighted by Crippen LogP contribution is 2.38. The van der Waals surface area contributed by atoms with Crippen molar-refractivity contribution in [3.8, 4) is 17.2 Å². The Kier molecular flexibility index (Phi) is 11.4. The maximum atomic E-state index is 6.79. The minimum absolute atomic E-state index is 0.0365. The highest BCUT2D eigenvalue weighted by molar-refractivity contribution is 5.26. The van der Waals surface area contributed by atoms with Gasteiger partial charge in [0.2, 0.25) is 0 Å². The summed E-state index contributed by atoms with van der Waals surface area (Å²) in [5.74, 6) is 0.939. The van der Waals surface area contributed by atoms with Crippen molar-refractivity contribution in [3.05, 3.63) is 91.0 Å². The van der Waals surface area contributed by atoms with E-state index in [9.17, 15) is 0 Å². The van der Waals surface area contributed by atoms with E-state index in [1.54, 1.807) is 0 Å². The number of unbranched alkanes of at least 4 members (excludes halogenated alkanes) is 6. The topological polar surface area (TPSA) is 40.2 Å². The fraction of sp³-hybridized carbons (Fsp3) is 0.471. The fourth-order valence-electron chi connectivity index (χ4n) is 4.94. The van der Waals surface area contributed by atoms with E-state index in [2.05, 4.69) is 6.92 Å². The number of benzene rings is 3. The maximum absolute atomic E-state index is 6.79. The molecule has 4 heteroatoms. The normalized spacial score (nSPS) is 15.6. The number of hydrogen-bond acceptors (Lipinski definition) is 4. The van der Waals surface area contributed by atoms with Crippen LogP contribution < -0.4 is 14.2 Å².